The first-order valence-electron chi connectivity index (χ1n) is 34.7. The molecule has 0 saturated heterocycles. The van der Waals surface area contributed by atoms with E-state index in [1.807, 2.05) is 0 Å². The molecule has 6 heteroatoms. The summed E-state index contributed by atoms with van der Waals surface area (Å²) in [5.41, 5.74) is 0. The van der Waals surface area contributed by atoms with Gasteiger partial charge in [-0.1, -0.05) is 348 Å². The molecule has 1 unspecified atom stereocenters. The normalized spacial score (nSPS) is 12.0. The number of hydrogen-bond acceptors (Lipinski definition) is 6. The van der Waals surface area contributed by atoms with E-state index in [0.717, 1.165) is 57.8 Å². The highest BCUT2D eigenvalue weighted by atomic mass is 16.6. The average Bonchev–Trinajstić information content (AvgIpc) is 3.42. The quantitative estimate of drug-likeness (QED) is 0.0261. The zero-order valence-electron chi connectivity index (χ0n) is 51.8. The molecule has 0 aromatic rings. The molecule has 0 bridgehead atoms. The third kappa shape index (κ3) is 63.0. The standard InChI is InChI=1S/C70H134O6/c1-4-7-10-13-16-19-21-23-25-27-29-31-32-33-34-35-36-37-38-40-41-43-45-47-49-51-54-57-60-63-69(72)75-66-67(65-74-68(71)62-59-56-53-18-15-12-9-6-3)76-70(73)64-61-58-55-52-50-48-46-44-42-39-30-28-26-24-22-20-17-14-11-8-5-2/h28,30,67H,4-27,29,31-66H2,1-3H3/b30-28-. The Hall–Kier alpha value is -1.85. The van der Waals surface area contributed by atoms with E-state index in [0.29, 0.717) is 19.3 Å². The molecule has 0 aromatic carbocycles. The van der Waals surface area contributed by atoms with E-state index in [-0.39, 0.29) is 31.1 Å². The minimum Gasteiger partial charge on any atom is -0.462 e. The minimum absolute atomic E-state index is 0.0647. The molecule has 0 amide bonds. The molecule has 0 rings (SSSR count). The molecule has 0 saturated carbocycles. The largest absolute Gasteiger partial charge is 0.462 e. The van der Waals surface area contributed by atoms with Gasteiger partial charge >= 0.3 is 17.9 Å². The average molecular weight is 1070 g/mol. The van der Waals surface area contributed by atoms with E-state index < -0.39 is 6.10 Å². The molecule has 0 N–H and O–H groups in total. The lowest BCUT2D eigenvalue weighted by atomic mass is 10.0. The SMILES string of the molecule is CCCCCCCCCC/C=C\CCCCCCCCCCCC(=O)OC(COC(=O)CCCCCCCCCC)COC(=O)CCCCCCCCCCCCCCCCCCCCCCCCCCCCCCC. The van der Waals surface area contributed by atoms with Gasteiger partial charge in [0.25, 0.3) is 0 Å². The maximum Gasteiger partial charge on any atom is 0.306 e. The summed E-state index contributed by atoms with van der Waals surface area (Å²) in [6.45, 7) is 6.69. The summed E-state index contributed by atoms with van der Waals surface area (Å²) >= 11 is 0. The first kappa shape index (κ1) is 74.2. The Kier molecular flexibility index (Phi) is 64.1. The van der Waals surface area contributed by atoms with Crippen LogP contribution in [0.3, 0.4) is 0 Å². The number of allylic oxidation sites excluding steroid dienone is 2. The second kappa shape index (κ2) is 65.7. The zero-order valence-corrected chi connectivity index (χ0v) is 51.8. The summed E-state index contributed by atoms with van der Waals surface area (Å²) in [4.78, 5) is 38.2. The molecule has 0 aliphatic carbocycles. The Labute approximate surface area is 475 Å². The van der Waals surface area contributed by atoms with Crippen LogP contribution >= 0.6 is 0 Å². The first-order chi connectivity index (χ1) is 37.5. The number of carbonyl (C=O) groups excluding carboxylic acids is 3. The van der Waals surface area contributed by atoms with Gasteiger partial charge in [0.05, 0.1) is 0 Å². The summed E-state index contributed by atoms with van der Waals surface area (Å²) in [6.07, 6.45) is 78.4. The fourth-order valence-corrected chi connectivity index (χ4v) is 10.8. The van der Waals surface area contributed by atoms with Crippen molar-refractivity contribution in [3.8, 4) is 0 Å². The number of ether oxygens (including phenoxy) is 3. The van der Waals surface area contributed by atoms with Crippen molar-refractivity contribution in [3.05, 3.63) is 12.2 Å². The van der Waals surface area contributed by atoms with Crippen molar-refractivity contribution in [2.24, 2.45) is 0 Å². The van der Waals surface area contributed by atoms with Crippen molar-refractivity contribution in [1.29, 1.82) is 0 Å². The molecule has 0 heterocycles. The van der Waals surface area contributed by atoms with Crippen molar-refractivity contribution >= 4 is 17.9 Å². The molecule has 6 nitrogen and oxygen atoms in total. The summed E-state index contributed by atoms with van der Waals surface area (Å²) in [5, 5.41) is 0. The van der Waals surface area contributed by atoms with Crippen LogP contribution < -0.4 is 0 Å². The zero-order chi connectivity index (χ0) is 55.0. The lowest BCUT2D eigenvalue weighted by Gasteiger charge is -2.18. The van der Waals surface area contributed by atoms with E-state index in [4.69, 9.17) is 14.2 Å². The monoisotopic (exact) mass is 1070 g/mol. The summed E-state index contributed by atoms with van der Waals surface area (Å²) in [7, 11) is 0. The van der Waals surface area contributed by atoms with Crippen LogP contribution in [-0.4, -0.2) is 37.2 Å². The molecular weight excluding hydrogens is 937 g/mol. The van der Waals surface area contributed by atoms with Crippen molar-refractivity contribution in [2.75, 3.05) is 13.2 Å². The van der Waals surface area contributed by atoms with Crippen molar-refractivity contribution in [1.82, 2.24) is 0 Å². The Morgan fingerprint density at radius 3 is 0.658 bits per heavy atom. The maximum atomic E-state index is 12.9. The second-order valence-corrected chi connectivity index (χ2v) is 23.8. The van der Waals surface area contributed by atoms with Gasteiger partial charge in [0.1, 0.15) is 13.2 Å². The van der Waals surface area contributed by atoms with Gasteiger partial charge in [0.2, 0.25) is 0 Å². The van der Waals surface area contributed by atoms with Gasteiger partial charge in [-0.05, 0) is 44.9 Å². The molecule has 0 aliphatic heterocycles. The maximum absolute atomic E-state index is 12.9. The molecule has 0 radical (unpaired) electrons. The summed E-state index contributed by atoms with van der Waals surface area (Å²) in [5.74, 6) is -0.842. The van der Waals surface area contributed by atoms with Crippen LogP contribution in [0.4, 0.5) is 0 Å². The third-order valence-electron chi connectivity index (χ3n) is 16.0. The van der Waals surface area contributed by atoms with Crippen LogP contribution in [0.15, 0.2) is 12.2 Å². The Morgan fingerprint density at radius 2 is 0.434 bits per heavy atom. The predicted molar refractivity (Wildman–Crippen MR) is 330 cm³/mol. The highest BCUT2D eigenvalue weighted by Crippen LogP contribution is 2.19. The van der Waals surface area contributed by atoms with Crippen molar-refractivity contribution in [3.63, 3.8) is 0 Å². The van der Waals surface area contributed by atoms with Crippen LogP contribution in [-0.2, 0) is 28.6 Å². The highest BCUT2D eigenvalue weighted by Gasteiger charge is 2.19. The van der Waals surface area contributed by atoms with E-state index in [2.05, 4.69) is 32.9 Å². The lowest BCUT2D eigenvalue weighted by molar-refractivity contribution is -0.167. The summed E-state index contributed by atoms with van der Waals surface area (Å²) in [6, 6.07) is 0. The fourth-order valence-electron chi connectivity index (χ4n) is 10.8. The minimum atomic E-state index is -0.766. The molecule has 0 aliphatic rings. The van der Waals surface area contributed by atoms with Gasteiger partial charge in [-0.2, -0.15) is 0 Å². The first-order valence-corrected chi connectivity index (χ1v) is 34.7. The molecule has 0 fully saturated rings. The van der Waals surface area contributed by atoms with E-state index in [1.54, 1.807) is 0 Å². The van der Waals surface area contributed by atoms with Gasteiger partial charge in [-0.15, -0.1) is 0 Å². The fraction of sp³-hybridized carbons (Fsp3) is 0.929. The number of unbranched alkanes of at least 4 members (excludes halogenated alkanes) is 52. The Morgan fingerprint density at radius 1 is 0.250 bits per heavy atom. The van der Waals surface area contributed by atoms with Crippen LogP contribution in [0.1, 0.15) is 400 Å². The van der Waals surface area contributed by atoms with Gasteiger partial charge in [0.15, 0.2) is 6.10 Å². The number of carbonyl (C=O) groups is 3. The lowest BCUT2D eigenvalue weighted by Crippen LogP contribution is -2.30. The van der Waals surface area contributed by atoms with Crippen molar-refractivity contribution < 1.29 is 28.6 Å². The molecule has 76 heavy (non-hydrogen) atoms. The molecular formula is C70H134O6. The van der Waals surface area contributed by atoms with Crippen molar-refractivity contribution in [2.45, 2.75) is 406 Å². The number of rotatable bonds is 65. The van der Waals surface area contributed by atoms with Gasteiger partial charge in [-0.3, -0.25) is 14.4 Å². The molecule has 0 spiro atoms. The predicted octanol–water partition coefficient (Wildman–Crippen LogP) is 23.6. The Bertz CT molecular complexity index is 1180. The number of hydrogen-bond donors (Lipinski definition) is 0. The topological polar surface area (TPSA) is 78.9 Å². The van der Waals surface area contributed by atoms with Gasteiger partial charge in [0, 0.05) is 19.3 Å². The second-order valence-electron chi connectivity index (χ2n) is 23.8. The van der Waals surface area contributed by atoms with Gasteiger partial charge < -0.3 is 14.2 Å². The highest BCUT2D eigenvalue weighted by molar-refractivity contribution is 5.71. The summed E-state index contributed by atoms with van der Waals surface area (Å²) < 4.78 is 16.9. The van der Waals surface area contributed by atoms with E-state index >= 15 is 0 Å². The van der Waals surface area contributed by atoms with Crippen LogP contribution in [0, 0.1) is 0 Å². The number of esters is 3. The van der Waals surface area contributed by atoms with Crippen LogP contribution in [0.25, 0.3) is 0 Å². The molecule has 450 valence electrons. The third-order valence-corrected chi connectivity index (χ3v) is 16.0. The molecule has 1 atom stereocenters. The van der Waals surface area contributed by atoms with Crippen LogP contribution in [0.2, 0.25) is 0 Å². The smallest absolute Gasteiger partial charge is 0.306 e. The molecule has 0 aromatic heterocycles. The Balaban J connectivity index is 4.03. The van der Waals surface area contributed by atoms with E-state index in [9.17, 15) is 14.4 Å². The van der Waals surface area contributed by atoms with Gasteiger partial charge in [-0.25, -0.2) is 0 Å². The van der Waals surface area contributed by atoms with Crippen LogP contribution in [0.5, 0.6) is 0 Å². The van der Waals surface area contributed by atoms with E-state index in [1.165, 1.54) is 302 Å².